The van der Waals surface area contributed by atoms with E-state index in [9.17, 15) is 0 Å². The number of hydrogen-bond acceptors (Lipinski definition) is 22. The van der Waals surface area contributed by atoms with Crippen LogP contribution in [0, 0.1) is 0 Å². The summed E-state index contributed by atoms with van der Waals surface area (Å²) in [5.41, 5.74) is 0.0520. The Labute approximate surface area is 452 Å². The summed E-state index contributed by atoms with van der Waals surface area (Å²) >= 11 is 19.5. The Morgan fingerprint density at radius 3 is 0.574 bits per heavy atom. The second kappa shape index (κ2) is 17.9. The van der Waals surface area contributed by atoms with Gasteiger partial charge in [-0.2, -0.15) is 0 Å². The maximum Gasteiger partial charge on any atom is 0.363 e. The van der Waals surface area contributed by atoms with Gasteiger partial charge in [-0.15, -0.1) is 141 Å². The van der Waals surface area contributed by atoms with Crippen LogP contribution in [0.15, 0.2) is 58.7 Å². The third kappa shape index (κ3) is 8.72. The molecule has 0 aliphatic carbocycles. The molecule has 0 unspecified atom stereocenters. The topological polar surface area (TPSA) is 127 Å². The minimum absolute atomic E-state index is 0.480. The summed E-state index contributed by atoms with van der Waals surface area (Å²) in [7, 11) is -3.18. The standard InChI is InChI=1S/C43H55O10P3S12/c1-37(2)57-25-19(26-32(64-38(3,4)58-26)22(31(25)63-37)54(45,48-13)49-14)43(44,20-27-33(65-39(5,6)59-27)23(55(46,50-15)51-16)34-28(20)60-40(7,8)66-34)21-29-35(67-41(9,10)61-29)24(56(47,52-17)53-18)36-30(21)62-42(11,12)68-36/h44H,1-18H3. The first-order valence-corrected chi connectivity index (χ1v) is 35.6. The Bertz CT molecular complexity index is 2420. The van der Waals surface area contributed by atoms with Crippen molar-refractivity contribution in [2.45, 2.75) is 172 Å². The molecule has 0 fully saturated rings. The van der Waals surface area contributed by atoms with Crippen LogP contribution in [0.5, 0.6) is 0 Å². The van der Waals surface area contributed by atoms with Gasteiger partial charge in [0, 0.05) is 118 Å². The maximum atomic E-state index is 15.9. The fourth-order valence-corrected chi connectivity index (χ4v) is 33.5. The smallest absolute Gasteiger partial charge is 0.363 e. The molecule has 0 radical (unpaired) electrons. The lowest BCUT2D eigenvalue weighted by molar-refractivity contribution is 0.105. The molecule has 0 bridgehead atoms. The van der Waals surface area contributed by atoms with E-state index in [4.69, 9.17) is 27.1 Å². The van der Waals surface area contributed by atoms with Crippen molar-refractivity contribution < 1.29 is 45.9 Å². The minimum atomic E-state index is -3.93. The molecular formula is C43H55O10P3S12. The van der Waals surface area contributed by atoms with Crippen molar-refractivity contribution in [1.29, 1.82) is 0 Å². The SMILES string of the molecule is COP(=O)(OC)c1c2c(c(C(O)(c3c4c(c(P(=O)(OC)OC)c5c3SC(C)(C)S5)SC(C)(C)S4)c3c4c(c(P(=O)(OC)OC)c5c3SC(C)(C)S5)SC(C)(C)S4)c3c1SC(C)(C)S3)SC(C)(C)S2. The first-order chi connectivity index (χ1) is 31.2. The molecule has 3 aromatic carbocycles. The Hall–Kier alpha value is 2.27. The third-order valence-corrected chi connectivity index (χ3v) is 35.2. The molecule has 9 rings (SSSR count). The molecule has 1 N–H and O–H groups in total. The highest BCUT2D eigenvalue weighted by atomic mass is 32.2. The van der Waals surface area contributed by atoms with Gasteiger partial charge in [-0.25, -0.2) is 0 Å². The van der Waals surface area contributed by atoms with E-state index in [2.05, 4.69) is 83.1 Å². The van der Waals surface area contributed by atoms with Crippen LogP contribution in [-0.2, 0) is 46.4 Å². The summed E-state index contributed by atoms with van der Waals surface area (Å²) in [6, 6.07) is 0. The van der Waals surface area contributed by atoms with Crippen LogP contribution in [0.4, 0.5) is 0 Å². The van der Waals surface area contributed by atoms with E-state index in [1.807, 2.05) is 0 Å². The number of hydrogen-bond donors (Lipinski definition) is 1. The van der Waals surface area contributed by atoms with Crippen molar-refractivity contribution in [2.75, 3.05) is 42.7 Å². The van der Waals surface area contributed by atoms with Crippen LogP contribution in [0.2, 0.25) is 0 Å². The van der Waals surface area contributed by atoms with E-state index in [0.29, 0.717) is 32.6 Å². The first-order valence-electron chi connectivity index (χ1n) is 21.1. The van der Waals surface area contributed by atoms with Crippen molar-refractivity contribution in [2.24, 2.45) is 0 Å². The predicted molar refractivity (Wildman–Crippen MR) is 300 cm³/mol. The van der Waals surface area contributed by atoms with Crippen molar-refractivity contribution >= 4 is 180 Å². The van der Waals surface area contributed by atoms with Gasteiger partial charge in [-0.1, -0.05) is 0 Å². The van der Waals surface area contributed by atoms with Crippen LogP contribution in [0.25, 0.3) is 0 Å². The summed E-state index contributed by atoms with van der Waals surface area (Å²) in [5.74, 6) is 0. The quantitative estimate of drug-likeness (QED) is 0.136. The van der Waals surface area contributed by atoms with E-state index in [1.54, 1.807) is 141 Å². The van der Waals surface area contributed by atoms with Gasteiger partial charge in [-0.3, -0.25) is 13.7 Å². The Kier molecular flexibility index (Phi) is 14.5. The van der Waals surface area contributed by atoms with Gasteiger partial charge in [-0.05, 0) is 83.1 Å². The molecule has 6 aliphatic rings. The minimum Gasteiger partial charge on any atom is -0.376 e. The molecule has 0 spiro atoms. The molecule has 0 amide bonds. The molecule has 0 saturated carbocycles. The van der Waals surface area contributed by atoms with E-state index in [0.717, 1.165) is 58.7 Å². The fourth-order valence-electron chi connectivity index (χ4n) is 9.05. The number of aliphatic hydroxyl groups is 1. The highest BCUT2D eigenvalue weighted by molar-refractivity contribution is 8.24. The lowest BCUT2D eigenvalue weighted by atomic mass is 9.79. The number of thioether (sulfide) groups is 12. The molecule has 3 aromatic rings. The highest BCUT2D eigenvalue weighted by Gasteiger charge is 2.60. The van der Waals surface area contributed by atoms with Gasteiger partial charge in [0.15, 0.2) is 0 Å². The monoisotopic (exact) mass is 1210 g/mol. The van der Waals surface area contributed by atoms with Crippen molar-refractivity contribution in [3.05, 3.63) is 16.7 Å². The molecule has 10 nitrogen and oxygen atoms in total. The summed E-state index contributed by atoms with van der Waals surface area (Å²) in [6.07, 6.45) is 0. The van der Waals surface area contributed by atoms with Crippen LogP contribution >= 0.6 is 164 Å². The average Bonchev–Trinajstić information content (AvgIpc) is 4.05. The highest BCUT2D eigenvalue weighted by Crippen LogP contribution is 2.76. The molecular weight excluding hydrogens is 1150 g/mol. The van der Waals surface area contributed by atoms with E-state index in [1.165, 1.54) is 42.7 Å². The lowest BCUT2D eigenvalue weighted by Crippen LogP contribution is -2.36. The molecule has 0 aromatic heterocycles. The average molecular weight is 1210 g/mol. The summed E-state index contributed by atoms with van der Waals surface area (Å²) in [6.45, 7) is 25.8. The van der Waals surface area contributed by atoms with Gasteiger partial charge in [0.2, 0.25) is 0 Å². The van der Waals surface area contributed by atoms with Gasteiger partial charge >= 0.3 is 22.8 Å². The van der Waals surface area contributed by atoms with Crippen LogP contribution in [0.3, 0.4) is 0 Å². The van der Waals surface area contributed by atoms with Crippen LogP contribution in [-0.4, -0.2) is 72.2 Å². The maximum absolute atomic E-state index is 15.9. The van der Waals surface area contributed by atoms with E-state index >= 15 is 18.8 Å². The fraction of sp³-hybridized carbons (Fsp3) is 0.581. The summed E-state index contributed by atoms with van der Waals surface area (Å²) in [5, 5.41) is 17.5. The lowest BCUT2D eigenvalue weighted by Gasteiger charge is -2.39. The molecule has 374 valence electrons. The van der Waals surface area contributed by atoms with E-state index in [-0.39, 0.29) is 0 Å². The van der Waals surface area contributed by atoms with Crippen LogP contribution < -0.4 is 15.9 Å². The number of benzene rings is 3. The molecule has 0 atom stereocenters. The summed E-state index contributed by atoms with van der Waals surface area (Å²) < 4.78 is 78.2. The largest absolute Gasteiger partial charge is 0.376 e. The van der Waals surface area contributed by atoms with Crippen molar-refractivity contribution in [3.8, 4) is 0 Å². The molecule has 6 aliphatic heterocycles. The zero-order chi connectivity index (χ0) is 50.1. The van der Waals surface area contributed by atoms with Crippen LogP contribution in [0.1, 0.15) is 99.8 Å². The normalized spacial score (nSPS) is 22.3. The van der Waals surface area contributed by atoms with Crippen molar-refractivity contribution in [1.82, 2.24) is 0 Å². The van der Waals surface area contributed by atoms with Gasteiger partial charge in [0.25, 0.3) is 0 Å². The second-order valence-electron chi connectivity index (χ2n) is 19.0. The molecule has 25 heteroatoms. The first kappa shape index (κ1) is 55.0. The zero-order valence-electron chi connectivity index (χ0n) is 40.9. The van der Waals surface area contributed by atoms with E-state index < -0.39 is 52.9 Å². The van der Waals surface area contributed by atoms with Gasteiger partial charge in [0.1, 0.15) is 5.60 Å². The molecule has 0 saturated heterocycles. The molecule has 6 heterocycles. The zero-order valence-corrected chi connectivity index (χ0v) is 53.3. The van der Waals surface area contributed by atoms with Gasteiger partial charge < -0.3 is 32.2 Å². The summed E-state index contributed by atoms with van der Waals surface area (Å²) in [4.78, 5) is 9.27. The predicted octanol–water partition coefficient (Wildman–Crippen LogP) is 15.9. The third-order valence-electron chi connectivity index (χ3n) is 11.4. The number of rotatable bonds is 12. The van der Waals surface area contributed by atoms with Gasteiger partial charge in [0.05, 0.1) is 40.4 Å². The van der Waals surface area contributed by atoms with Crippen molar-refractivity contribution in [3.63, 3.8) is 0 Å². The Morgan fingerprint density at radius 2 is 0.441 bits per heavy atom. The Morgan fingerprint density at radius 1 is 0.309 bits per heavy atom. The number of fused-ring (bicyclic) bond motifs is 6. The Balaban J connectivity index is 1.60. The second-order valence-corrected chi connectivity index (χ2v) is 46.7. The molecule has 68 heavy (non-hydrogen) atoms.